The minimum atomic E-state index is -0.0695. The van der Waals surface area contributed by atoms with Crippen LogP contribution in [0.5, 0.6) is 0 Å². The summed E-state index contributed by atoms with van der Waals surface area (Å²) < 4.78 is 0. The lowest BCUT2D eigenvalue weighted by atomic mass is 10.2. The molecule has 0 bridgehead atoms. The van der Waals surface area contributed by atoms with Gasteiger partial charge in [0.05, 0.1) is 5.56 Å². The lowest BCUT2D eigenvalue weighted by molar-refractivity contribution is 0.0643. The van der Waals surface area contributed by atoms with Gasteiger partial charge in [-0.15, -0.1) is 0 Å². The van der Waals surface area contributed by atoms with Gasteiger partial charge in [0.15, 0.2) is 0 Å². The van der Waals surface area contributed by atoms with Crippen molar-refractivity contribution in [3.63, 3.8) is 0 Å². The van der Waals surface area contributed by atoms with Gasteiger partial charge >= 0.3 is 0 Å². The van der Waals surface area contributed by atoms with E-state index in [2.05, 4.69) is 16.8 Å². The summed E-state index contributed by atoms with van der Waals surface area (Å²) in [6.07, 6.45) is 0. The summed E-state index contributed by atoms with van der Waals surface area (Å²) in [6, 6.07) is 3.22. The van der Waals surface area contributed by atoms with Crippen molar-refractivity contribution in [2.24, 2.45) is 0 Å². The first kappa shape index (κ1) is 13.6. The zero-order chi connectivity index (χ0) is 13.1. The van der Waals surface area contributed by atoms with Gasteiger partial charge in [0.2, 0.25) is 0 Å². The van der Waals surface area contributed by atoms with E-state index in [1.165, 1.54) is 0 Å². The average molecular weight is 288 g/mol. The summed E-state index contributed by atoms with van der Waals surface area (Å²) in [5, 5.41) is 0.470. The van der Waals surface area contributed by atoms with Crippen LogP contribution in [0.15, 0.2) is 12.1 Å². The molecule has 1 aromatic heterocycles. The Morgan fingerprint density at radius 2 is 1.94 bits per heavy atom. The van der Waals surface area contributed by atoms with Gasteiger partial charge < -0.3 is 9.80 Å². The van der Waals surface area contributed by atoms with E-state index in [4.69, 9.17) is 23.2 Å². The smallest absolute Gasteiger partial charge is 0.257 e. The number of carbonyl (C=O) groups is 1. The Morgan fingerprint density at radius 3 is 2.50 bits per heavy atom. The molecule has 1 fully saturated rings. The monoisotopic (exact) mass is 287 g/mol. The van der Waals surface area contributed by atoms with Crippen LogP contribution in [0.4, 0.5) is 0 Å². The van der Waals surface area contributed by atoms with E-state index >= 15 is 0 Å². The van der Waals surface area contributed by atoms with Gasteiger partial charge in [-0.25, -0.2) is 4.98 Å². The molecule has 1 amide bonds. The van der Waals surface area contributed by atoms with Crippen molar-refractivity contribution in [2.45, 2.75) is 6.92 Å². The van der Waals surface area contributed by atoms with Crippen LogP contribution in [0.1, 0.15) is 17.3 Å². The van der Waals surface area contributed by atoms with Crippen LogP contribution in [0, 0.1) is 0 Å². The molecule has 4 nitrogen and oxygen atoms in total. The molecule has 0 aliphatic carbocycles. The molecule has 1 aromatic rings. The third-order valence-corrected chi connectivity index (χ3v) is 3.65. The zero-order valence-corrected chi connectivity index (χ0v) is 11.7. The van der Waals surface area contributed by atoms with E-state index in [0.717, 1.165) is 32.7 Å². The number of hydrogen-bond acceptors (Lipinski definition) is 3. The summed E-state index contributed by atoms with van der Waals surface area (Å²) in [6.45, 7) is 6.40. The molecule has 1 saturated heterocycles. The number of halogens is 2. The summed E-state index contributed by atoms with van der Waals surface area (Å²) in [5.41, 5.74) is 0.422. The highest BCUT2D eigenvalue weighted by Crippen LogP contribution is 2.19. The molecule has 2 rings (SSSR count). The molecule has 18 heavy (non-hydrogen) atoms. The number of rotatable bonds is 2. The molecular weight excluding hydrogens is 273 g/mol. The third-order valence-electron chi connectivity index (χ3n) is 3.15. The van der Waals surface area contributed by atoms with Crippen LogP contribution in [-0.2, 0) is 0 Å². The Labute approximate surface area is 116 Å². The Balaban J connectivity index is 2.08. The van der Waals surface area contributed by atoms with E-state index in [-0.39, 0.29) is 11.1 Å². The van der Waals surface area contributed by atoms with Crippen LogP contribution >= 0.6 is 23.2 Å². The van der Waals surface area contributed by atoms with E-state index in [1.54, 1.807) is 12.1 Å². The van der Waals surface area contributed by atoms with Crippen molar-refractivity contribution in [3.8, 4) is 0 Å². The molecule has 1 aliphatic heterocycles. The highest BCUT2D eigenvalue weighted by molar-refractivity contribution is 6.34. The normalized spacial score (nSPS) is 16.9. The number of carbonyl (C=O) groups excluding carboxylic acids is 1. The van der Waals surface area contributed by atoms with Crippen LogP contribution in [-0.4, -0.2) is 53.4 Å². The van der Waals surface area contributed by atoms with E-state index < -0.39 is 0 Å². The number of nitrogens with zero attached hydrogens (tertiary/aromatic N) is 3. The fraction of sp³-hybridized carbons (Fsp3) is 0.500. The van der Waals surface area contributed by atoms with Gasteiger partial charge in [0.1, 0.15) is 10.3 Å². The van der Waals surface area contributed by atoms with E-state index in [1.807, 2.05) is 4.90 Å². The fourth-order valence-corrected chi connectivity index (χ4v) is 2.43. The predicted molar refractivity (Wildman–Crippen MR) is 72.3 cm³/mol. The molecule has 0 N–H and O–H groups in total. The van der Waals surface area contributed by atoms with Gasteiger partial charge in [-0.05, 0) is 18.7 Å². The topological polar surface area (TPSA) is 36.4 Å². The Hall–Kier alpha value is -0.840. The standard InChI is InChI=1S/C12H15Cl2N3O/c1-2-16-5-7-17(8-6-16)12(18)9-3-4-10(13)15-11(9)14/h3-4H,2,5-8H2,1H3. The van der Waals surface area contributed by atoms with E-state index in [9.17, 15) is 4.79 Å². The van der Waals surface area contributed by atoms with Crippen molar-refractivity contribution in [1.82, 2.24) is 14.8 Å². The van der Waals surface area contributed by atoms with Crippen LogP contribution in [0.25, 0.3) is 0 Å². The van der Waals surface area contributed by atoms with Gasteiger partial charge in [0.25, 0.3) is 5.91 Å². The van der Waals surface area contributed by atoms with Crippen LogP contribution < -0.4 is 0 Å². The molecular formula is C12H15Cl2N3O. The third kappa shape index (κ3) is 2.94. The highest BCUT2D eigenvalue weighted by Gasteiger charge is 2.23. The second-order valence-electron chi connectivity index (χ2n) is 4.20. The number of likely N-dealkylation sites (N-methyl/N-ethyl adjacent to an activating group) is 1. The molecule has 0 saturated carbocycles. The second kappa shape index (κ2) is 5.87. The Morgan fingerprint density at radius 1 is 1.28 bits per heavy atom. The van der Waals surface area contributed by atoms with Crippen molar-refractivity contribution >= 4 is 29.1 Å². The first-order valence-electron chi connectivity index (χ1n) is 5.95. The van der Waals surface area contributed by atoms with Crippen LogP contribution in [0.3, 0.4) is 0 Å². The zero-order valence-electron chi connectivity index (χ0n) is 10.2. The van der Waals surface area contributed by atoms with Gasteiger partial charge in [-0.3, -0.25) is 4.79 Å². The Kier molecular flexibility index (Phi) is 4.43. The minimum absolute atomic E-state index is 0.0695. The number of amides is 1. The summed E-state index contributed by atoms with van der Waals surface area (Å²) in [7, 11) is 0. The molecule has 0 spiro atoms. The molecule has 1 aliphatic rings. The largest absolute Gasteiger partial charge is 0.336 e. The number of hydrogen-bond donors (Lipinski definition) is 0. The van der Waals surface area contributed by atoms with Gasteiger partial charge in [-0.2, -0.15) is 0 Å². The summed E-state index contributed by atoms with van der Waals surface area (Å²) >= 11 is 11.7. The maximum absolute atomic E-state index is 12.3. The number of pyridine rings is 1. The quantitative estimate of drug-likeness (QED) is 0.783. The highest BCUT2D eigenvalue weighted by atomic mass is 35.5. The van der Waals surface area contributed by atoms with Crippen molar-refractivity contribution in [1.29, 1.82) is 0 Å². The number of piperazine rings is 1. The van der Waals surface area contributed by atoms with E-state index in [0.29, 0.717) is 10.7 Å². The van der Waals surface area contributed by atoms with Gasteiger partial charge in [0, 0.05) is 26.2 Å². The summed E-state index contributed by atoms with van der Waals surface area (Å²) in [4.78, 5) is 20.3. The molecule has 2 heterocycles. The fourth-order valence-electron chi connectivity index (χ4n) is 2.01. The van der Waals surface area contributed by atoms with Crippen molar-refractivity contribution in [3.05, 3.63) is 28.0 Å². The predicted octanol–water partition coefficient (Wildman–Crippen LogP) is 2.17. The van der Waals surface area contributed by atoms with Crippen molar-refractivity contribution in [2.75, 3.05) is 32.7 Å². The molecule has 0 unspecified atom stereocenters. The summed E-state index contributed by atoms with van der Waals surface area (Å²) in [5.74, 6) is -0.0695. The first-order chi connectivity index (χ1) is 8.61. The Bertz CT molecular complexity index is 445. The molecule has 0 aromatic carbocycles. The SMILES string of the molecule is CCN1CCN(C(=O)c2ccc(Cl)nc2Cl)CC1. The maximum atomic E-state index is 12.3. The van der Waals surface area contributed by atoms with Crippen molar-refractivity contribution < 1.29 is 4.79 Å². The molecule has 98 valence electrons. The maximum Gasteiger partial charge on any atom is 0.257 e. The molecule has 0 radical (unpaired) electrons. The second-order valence-corrected chi connectivity index (χ2v) is 4.94. The van der Waals surface area contributed by atoms with Gasteiger partial charge in [-0.1, -0.05) is 30.1 Å². The average Bonchev–Trinajstić information content (AvgIpc) is 2.38. The minimum Gasteiger partial charge on any atom is -0.336 e. The molecule has 6 heteroatoms. The van der Waals surface area contributed by atoms with Crippen LogP contribution in [0.2, 0.25) is 10.3 Å². The number of aromatic nitrogens is 1. The first-order valence-corrected chi connectivity index (χ1v) is 6.71. The lowest BCUT2D eigenvalue weighted by Crippen LogP contribution is -2.48. The molecule has 0 atom stereocenters. The lowest BCUT2D eigenvalue weighted by Gasteiger charge is -2.34.